The minimum absolute atomic E-state index is 0.338. The molecule has 0 bridgehead atoms. The maximum Gasteiger partial charge on any atom is 0.134 e. The summed E-state index contributed by atoms with van der Waals surface area (Å²) in [7, 11) is 0. The molecule has 86 valence electrons. The molecule has 0 radical (unpaired) electrons. The average molecular weight is 245 g/mol. The van der Waals surface area contributed by atoms with Crippen molar-refractivity contribution in [1.82, 2.24) is 15.5 Å². The van der Waals surface area contributed by atoms with Crippen LogP contribution in [0.1, 0.15) is 36.3 Å². The molecule has 0 amide bonds. The van der Waals surface area contributed by atoms with Crippen LogP contribution in [0.3, 0.4) is 0 Å². The first kappa shape index (κ1) is 12.9. The Labute approximate surface area is 100 Å². The Kier molecular flexibility index (Phi) is 6.20. The topological polar surface area (TPSA) is 37.8 Å². The van der Waals surface area contributed by atoms with E-state index in [0.717, 1.165) is 35.2 Å². The van der Waals surface area contributed by atoms with Crippen LogP contribution in [0.5, 0.6) is 0 Å². The van der Waals surface area contributed by atoms with Gasteiger partial charge in [-0.3, -0.25) is 0 Å². The van der Waals surface area contributed by atoms with Gasteiger partial charge in [0.05, 0.1) is 6.04 Å². The van der Waals surface area contributed by atoms with E-state index in [4.69, 9.17) is 0 Å². The van der Waals surface area contributed by atoms with Crippen molar-refractivity contribution in [3.05, 3.63) is 10.0 Å². The summed E-state index contributed by atoms with van der Waals surface area (Å²) < 4.78 is 0. The summed E-state index contributed by atoms with van der Waals surface area (Å²) in [5.41, 5.74) is 0. The second kappa shape index (κ2) is 7.19. The summed E-state index contributed by atoms with van der Waals surface area (Å²) in [6, 6.07) is 0.338. The predicted octanol–water partition coefficient (Wildman–Crippen LogP) is 2.50. The van der Waals surface area contributed by atoms with Gasteiger partial charge in [-0.05, 0) is 31.9 Å². The van der Waals surface area contributed by atoms with Crippen LogP contribution in [0, 0.1) is 0 Å². The molecular weight excluding hydrogens is 226 g/mol. The normalized spacial score (nSPS) is 13.0. The van der Waals surface area contributed by atoms with Crippen molar-refractivity contribution < 1.29 is 0 Å². The lowest BCUT2D eigenvalue weighted by atomic mass is 10.3. The maximum atomic E-state index is 4.22. The minimum atomic E-state index is 0.338. The summed E-state index contributed by atoms with van der Waals surface area (Å²) in [5.74, 6) is 1.13. The van der Waals surface area contributed by atoms with Crippen molar-refractivity contribution in [2.75, 3.05) is 18.6 Å². The summed E-state index contributed by atoms with van der Waals surface area (Å²) in [6.45, 7) is 5.36. The summed E-state index contributed by atoms with van der Waals surface area (Å²) >= 11 is 3.58. The Hall–Kier alpha value is -0.130. The first-order valence-corrected chi connectivity index (χ1v) is 7.53. The molecule has 0 saturated carbocycles. The number of aromatic nitrogens is 2. The van der Waals surface area contributed by atoms with Crippen LogP contribution in [-0.4, -0.2) is 28.8 Å². The fraction of sp³-hybridized carbons (Fsp3) is 0.800. The van der Waals surface area contributed by atoms with E-state index in [2.05, 4.69) is 35.6 Å². The van der Waals surface area contributed by atoms with Crippen LogP contribution < -0.4 is 5.32 Å². The zero-order valence-corrected chi connectivity index (χ0v) is 11.2. The van der Waals surface area contributed by atoms with Crippen molar-refractivity contribution in [2.45, 2.75) is 32.7 Å². The third-order valence-electron chi connectivity index (χ3n) is 2.07. The smallest absolute Gasteiger partial charge is 0.134 e. The molecule has 1 atom stereocenters. The van der Waals surface area contributed by atoms with Gasteiger partial charge in [-0.15, -0.1) is 10.2 Å². The van der Waals surface area contributed by atoms with E-state index in [0.29, 0.717) is 6.04 Å². The molecule has 0 saturated heterocycles. The molecular formula is C10H19N3S2. The first-order chi connectivity index (χ1) is 7.27. The van der Waals surface area contributed by atoms with Crippen LogP contribution in [0.2, 0.25) is 0 Å². The molecule has 1 aromatic heterocycles. The van der Waals surface area contributed by atoms with Gasteiger partial charge in [0.25, 0.3) is 0 Å². The Morgan fingerprint density at radius 1 is 1.47 bits per heavy atom. The number of thioether (sulfide) groups is 1. The van der Waals surface area contributed by atoms with Gasteiger partial charge < -0.3 is 5.32 Å². The molecule has 1 aromatic rings. The molecule has 1 unspecified atom stereocenters. The Morgan fingerprint density at radius 3 is 2.93 bits per heavy atom. The molecule has 0 spiro atoms. The second-order valence-electron chi connectivity index (χ2n) is 3.45. The Balaban J connectivity index is 2.43. The SMILES string of the molecule is CCCNC(C)c1nnc(CCSC)s1. The van der Waals surface area contributed by atoms with Crippen LogP contribution in [0.15, 0.2) is 0 Å². The number of hydrogen-bond acceptors (Lipinski definition) is 5. The lowest BCUT2D eigenvalue weighted by molar-refractivity contribution is 0.564. The zero-order valence-electron chi connectivity index (χ0n) is 9.62. The number of nitrogens with zero attached hydrogens (tertiary/aromatic N) is 2. The summed E-state index contributed by atoms with van der Waals surface area (Å²) in [6.07, 6.45) is 4.31. The molecule has 5 heteroatoms. The number of rotatable bonds is 7. The molecule has 0 fully saturated rings. The number of hydrogen-bond donors (Lipinski definition) is 1. The highest BCUT2D eigenvalue weighted by Gasteiger charge is 2.10. The molecule has 3 nitrogen and oxygen atoms in total. The monoisotopic (exact) mass is 245 g/mol. The van der Waals surface area contributed by atoms with Crippen molar-refractivity contribution in [1.29, 1.82) is 0 Å². The molecule has 0 aliphatic heterocycles. The third kappa shape index (κ3) is 4.49. The van der Waals surface area contributed by atoms with Gasteiger partial charge in [-0.25, -0.2) is 0 Å². The zero-order chi connectivity index (χ0) is 11.1. The second-order valence-corrected chi connectivity index (χ2v) is 5.53. The molecule has 15 heavy (non-hydrogen) atoms. The van der Waals surface area contributed by atoms with Gasteiger partial charge in [0.2, 0.25) is 0 Å². The van der Waals surface area contributed by atoms with Gasteiger partial charge in [0, 0.05) is 6.42 Å². The largest absolute Gasteiger partial charge is 0.308 e. The van der Waals surface area contributed by atoms with Crippen LogP contribution >= 0.6 is 23.1 Å². The quantitative estimate of drug-likeness (QED) is 0.801. The van der Waals surface area contributed by atoms with E-state index >= 15 is 0 Å². The lowest BCUT2D eigenvalue weighted by Gasteiger charge is -2.08. The first-order valence-electron chi connectivity index (χ1n) is 5.32. The molecule has 0 aliphatic rings. The van der Waals surface area contributed by atoms with Gasteiger partial charge in [-0.1, -0.05) is 18.3 Å². The van der Waals surface area contributed by atoms with E-state index in [1.807, 2.05) is 11.8 Å². The van der Waals surface area contributed by atoms with Crippen molar-refractivity contribution in [3.63, 3.8) is 0 Å². The Morgan fingerprint density at radius 2 is 2.27 bits per heavy atom. The lowest BCUT2D eigenvalue weighted by Crippen LogP contribution is -2.18. The fourth-order valence-corrected chi connectivity index (χ4v) is 2.58. The fourth-order valence-electron chi connectivity index (χ4n) is 1.18. The van der Waals surface area contributed by atoms with E-state index in [9.17, 15) is 0 Å². The van der Waals surface area contributed by atoms with Crippen LogP contribution in [-0.2, 0) is 6.42 Å². The van der Waals surface area contributed by atoms with Crippen LogP contribution in [0.25, 0.3) is 0 Å². The van der Waals surface area contributed by atoms with E-state index in [1.54, 1.807) is 11.3 Å². The highest BCUT2D eigenvalue weighted by atomic mass is 32.2. The minimum Gasteiger partial charge on any atom is -0.308 e. The third-order valence-corrected chi connectivity index (χ3v) is 3.85. The standard InChI is InChI=1S/C10H19N3S2/c1-4-6-11-8(2)10-13-12-9(15-10)5-7-14-3/h8,11H,4-7H2,1-3H3. The maximum absolute atomic E-state index is 4.22. The van der Waals surface area contributed by atoms with Gasteiger partial charge in [0.15, 0.2) is 0 Å². The van der Waals surface area contributed by atoms with Gasteiger partial charge >= 0.3 is 0 Å². The van der Waals surface area contributed by atoms with Crippen molar-refractivity contribution in [2.24, 2.45) is 0 Å². The van der Waals surface area contributed by atoms with Crippen molar-refractivity contribution >= 4 is 23.1 Å². The van der Waals surface area contributed by atoms with Crippen molar-refractivity contribution in [3.8, 4) is 0 Å². The van der Waals surface area contributed by atoms with Gasteiger partial charge in [-0.2, -0.15) is 11.8 Å². The van der Waals surface area contributed by atoms with E-state index in [1.165, 1.54) is 0 Å². The van der Waals surface area contributed by atoms with Crippen LogP contribution in [0.4, 0.5) is 0 Å². The molecule has 0 aliphatic carbocycles. The highest BCUT2D eigenvalue weighted by Crippen LogP contribution is 2.18. The predicted molar refractivity (Wildman–Crippen MR) is 68.7 cm³/mol. The number of nitrogens with one attached hydrogen (secondary N) is 1. The average Bonchev–Trinajstić information content (AvgIpc) is 2.71. The number of aryl methyl sites for hydroxylation is 1. The van der Waals surface area contributed by atoms with Gasteiger partial charge in [0.1, 0.15) is 10.0 Å². The molecule has 1 rings (SSSR count). The molecule has 0 aromatic carbocycles. The summed E-state index contributed by atoms with van der Waals surface area (Å²) in [4.78, 5) is 0. The molecule has 1 N–H and O–H groups in total. The summed E-state index contributed by atoms with van der Waals surface area (Å²) in [5, 5.41) is 14.1. The van der Waals surface area contributed by atoms with E-state index < -0.39 is 0 Å². The highest BCUT2D eigenvalue weighted by molar-refractivity contribution is 7.98. The van der Waals surface area contributed by atoms with E-state index in [-0.39, 0.29) is 0 Å². The molecule has 1 heterocycles. The Bertz CT molecular complexity index is 275.